The zero-order valence-electron chi connectivity index (χ0n) is 22.1. The van der Waals surface area contributed by atoms with Gasteiger partial charge in [0.05, 0.1) is 31.7 Å². The van der Waals surface area contributed by atoms with Crippen LogP contribution in [0.4, 0.5) is 16.0 Å². The predicted octanol–water partition coefficient (Wildman–Crippen LogP) is 6.27. The Kier molecular flexibility index (Phi) is 8.73. The minimum absolute atomic E-state index is 0. The highest BCUT2D eigenvalue weighted by atomic mass is 79.9. The number of thioether (sulfide) groups is 1. The van der Waals surface area contributed by atoms with Crippen molar-refractivity contribution in [3.05, 3.63) is 107 Å². The molecule has 2 aliphatic rings. The Bertz CT molecular complexity index is 1610. The maximum atomic E-state index is 13.8. The van der Waals surface area contributed by atoms with Crippen LogP contribution in [-0.4, -0.2) is 48.2 Å². The van der Waals surface area contributed by atoms with Gasteiger partial charge >= 0.3 is 0 Å². The lowest BCUT2D eigenvalue weighted by Crippen LogP contribution is -2.38. The molecule has 0 aliphatic carbocycles. The Labute approximate surface area is 252 Å². The second-order valence-corrected chi connectivity index (χ2v) is 9.91. The maximum absolute atomic E-state index is 13.8. The van der Waals surface area contributed by atoms with E-state index in [-0.39, 0.29) is 22.8 Å². The molecule has 0 saturated carbocycles. The Balaban J connectivity index is 0.00000337. The number of nitrogens with zero attached hydrogens (tertiary/aromatic N) is 6. The molecule has 11 heteroatoms. The van der Waals surface area contributed by atoms with E-state index in [1.165, 1.54) is 23.9 Å². The van der Waals surface area contributed by atoms with E-state index in [0.29, 0.717) is 54.4 Å². The van der Waals surface area contributed by atoms with Crippen LogP contribution in [0, 0.1) is 17.1 Å². The van der Waals surface area contributed by atoms with E-state index < -0.39 is 0 Å². The lowest BCUT2D eigenvalue weighted by molar-refractivity contribution is 0.122. The van der Waals surface area contributed by atoms with Gasteiger partial charge in [-0.1, -0.05) is 30.0 Å². The fraction of sp³-hybridized carbons (Fsp3) is 0.167. The van der Waals surface area contributed by atoms with Crippen molar-refractivity contribution in [1.29, 1.82) is 5.26 Å². The number of para-hydroxylation sites is 1. The Hall–Kier alpha value is -4.11. The highest BCUT2D eigenvalue weighted by Gasteiger charge is 2.32. The SMILES string of the molecule is Br.COc1ccc(N2C(c3ccc(F)cc3)=CSC2=C(C#N)c2nnc(N3CCOCC3)n2-c2ccccc2)cc1. The molecule has 0 amide bonds. The van der Waals surface area contributed by atoms with Crippen molar-refractivity contribution in [2.75, 3.05) is 43.2 Å². The molecular formula is C30H26BrFN6O2S. The molecular weight excluding hydrogens is 607 g/mol. The highest BCUT2D eigenvalue weighted by molar-refractivity contribution is 8.93. The molecule has 8 nitrogen and oxygen atoms in total. The summed E-state index contributed by atoms with van der Waals surface area (Å²) in [6, 6.07) is 26.1. The van der Waals surface area contributed by atoms with Crippen LogP contribution in [0.1, 0.15) is 11.4 Å². The third kappa shape index (κ3) is 5.59. The summed E-state index contributed by atoms with van der Waals surface area (Å²) in [5, 5.41) is 22.4. The van der Waals surface area contributed by atoms with Crippen molar-refractivity contribution < 1.29 is 13.9 Å². The Morgan fingerprint density at radius 3 is 2.32 bits per heavy atom. The molecule has 41 heavy (non-hydrogen) atoms. The molecule has 1 aromatic heterocycles. The van der Waals surface area contributed by atoms with Crippen LogP contribution in [0.15, 0.2) is 89.3 Å². The van der Waals surface area contributed by atoms with Gasteiger partial charge in [-0.05, 0) is 66.2 Å². The van der Waals surface area contributed by atoms with Crippen LogP contribution < -0.4 is 14.5 Å². The largest absolute Gasteiger partial charge is 0.497 e. The molecule has 208 valence electrons. The molecule has 3 aromatic carbocycles. The van der Waals surface area contributed by atoms with Crippen molar-refractivity contribution in [2.45, 2.75) is 0 Å². The molecule has 0 bridgehead atoms. The van der Waals surface area contributed by atoms with Crippen molar-refractivity contribution in [3.8, 4) is 17.5 Å². The monoisotopic (exact) mass is 632 g/mol. The van der Waals surface area contributed by atoms with E-state index in [2.05, 4.69) is 21.2 Å². The number of methoxy groups -OCH3 is 1. The summed E-state index contributed by atoms with van der Waals surface area (Å²) in [5.74, 6) is 1.49. The van der Waals surface area contributed by atoms with Crippen molar-refractivity contribution in [1.82, 2.24) is 14.8 Å². The number of anilines is 2. The van der Waals surface area contributed by atoms with Gasteiger partial charge in [0.2, 0.25) is 5.95 Å². The van der Waals surface area contributed by atoms with Gasteiger partial charge < -0.3 is 19.3 Å². The second-order valence-electron chi connectivity index (χ2n) is 9.05. The van der Waals surface area contributed by atoms with E-state index in [4.69, 9.17) is 9.47 Å². The zero-order valence-corrected chi connectivity index (χ0v) is 24.6. The lowest BCUT2D eigenvalue weighted by atomic mass is 10.1. The van der Waals surface area contributed by atoms with E-state index in [1.54, 1.807) is 19.2 Å². The average Bonchev–Trinajstić information content (AvgIpc) is 3.65. The quantitative estimate of drug-likeness (QED) is 0.230. The van der Waals surface area contributed by atoms with Gasteiger partial charge in [0.15, 0.2) is 5.82 Å². The third-order valence-electron chi connectivity index (χ3n) is 6.70. The normalized spacial score (nSPS) is 16.1. The third-order valence-corrected chi connectivity index (χ3v) is 7.65. The van der Waals surface area contributed by atoms with Crippen LogP contribution in [0.3, 0.4) is 0 Å². The van der Waals surface area contributed by atoms with E-state index in [0.717, 1.165) is 22.6 Å². The van der Waals surface area contributed by atoms with Crippen LogP contribution in [0.25, 0.3) is 17.0 Å². The molecule has 6 rings (SSSR count). The number of hydrogen-bond donors (Lipinski definition) is 0. The summed E-state index contributed by atoms with van der Waals surface area (Å²) < 4.78 is 26.6. The molecule has 0 N–H and O–H groups in total. The standard InChI is InChI=1S/C30H25FN6O2S.BrH/c1-38-25-13-11-24(12-14-25)36-27(21-7-9-22(31)10-8-21)20-40-29(36)26(19-32)28-33-34-30(35-15-17-39-18-16-35)37(28)23-5-3-2-4-6-23;/h2-14,20H,15-18H2,1H3;1H. The number of benzene rings is 3. The summed E-state index contributed by atoms with van der Waals surface area (Å²) in [6.45, 7) is 2.53. The number of hydrogen-bond acceptors (Lipinski definition) is 8. The summed E-state index contributed by atoms with van der Waals surface area (Å²) in [6.07, 6.45) is 0. The molecule has 0 spiro atoms. The average molecular weight is 634 g/mol. The summed E-state index contributed by atoms with van der Waals surface area (Å²) in [7, 11) is 1.62. The summed E-state index contributed by atoms with van der Waals surface area (Å²) in [4.78, 5) is 4.12. The topological polar surface area (TPSA) is 79.4 Å². The Morgan fingerprint density at radius 2 is 1.66 bits per heavy atom. The second kappa shape index (κ2) is 12.6. The first kappa shape index (κ1) is 28.4. The zero-order chi connectivity index (χ0) is 27.5. The van der Waals surface area contributed by atoms with E-state index >= 15 is 0 Å². The maximum Gasteiger partial charge on any atom is 0.232 e. The molecule has 4 aromatic rings. The first-order chi connectivity index (χ1) is 19.7. The van der Waals surface area contributed by atoms with Gasteiger partial charge in [0, 0.05) is 24.2 Å². The fourth-order valence-corrected chi connectivity index (χ4v) is 5.75. The van der Waals surface area contributed by atoms with Crippen molar-refractivity contribution in [2.24, 2.45) is 0 Å². The number of morpholine rings is 1. The van der Waals surface area contributed by atoms with Crippen LogP contribution >= 0.6 is 28.7 Å². The van der Waals surface area contributed by atoms with Crippen LogP contribution in [0.2, 0.25) is 0 Å². The van der Waals surface area contributed by atoms with E-state index in [1.807, 2.05) is 69.5 Å². The molecule has 2 aliphatic heterocycles. The lowest BCUT2D eigenvalue weighted by Gasteiger charge is -2.28. The number of allylic oxidation sites excluding steroid dienone is 1. The van der Waals surface area contributed by atoms with Gasteiger partial charge in [0.25, 0.3) is 0 Å². The van der Waals surface area contributed by atoms with Gasteiger partial charge in [-0.15, -0.1) is 27.2 Å². The summed E-state index contributed by atoms with van der Waals surface area (Å²) >= 11 is 1.42. The molecule has 0 radical (unpaired) electrons. The van der Waals surface area contributed by atoms with Crippen LogP contribution in [-0.2, 0) is 4.74 Å². The Morgan fingerprint density at radius 1 is 0.951 bits per heavy atom. The smallest absolute Gasteiger partial charge is 0.232 e. The number of halogens is 2. The minimum atomic E-state index is -0.314. The molecule has 1 fully saturated rings. The van der Waals surface area contributed by atoms with Crippen LogP contribution in [0.5, 0.6) is 5.75 Å². The van der Waals surface area contributed by atoms with Gasteiger partial charge in [-0.25, -0.2) is 4.39 Å². The predicted molar refractivity (Wildman–Crippen MR) is 165 cm³/mol. The molecule has 0 unspecified atom stereocenters. The number of ether oxygens (including phenoxy) is 2. The molecule has 3 heterocycles. The highest BCUT2D eigenvalue weighted by Crippen LogP contribution is 2.46. The van der Waals surface area contributed by atoms with Gasteiger partial charge in [-0.3, -0.25) is 4.57 Å². The fourth-order valence-electron chi connectivity index (χ4n) is 4.72. The van der Waals surface area contributed by atoms with Crippen molar-refractivity contribution >= 4 is 51.6 Å². The number of rotatable bonds is 6. The molecule has 1 saturated heterocycles. The van der Waals surface area contributed by atoms with Crippen molar-refractivity contribution in [3.63, 3.8) is 0 Å². The number of nitriles is 1. The van der Waals surface area contributed by atoms with E-state index in [9.17, 15) is 9.65 Å². The first-order valence-electron chi connectivity index (χ1n) is 12.7. The number of aromatic nitrogens is 3. The van der Waals surface area contributed by atoms with Gasteiger partial charge in [0.1, 0.15) is 28.2 Å². The minimum Gasteiger partial charge on any atom is -0.497 e. The summed E-state index contributed by atoms with van der Waals surface area (Å²) in [5.41, 5.74) is 3.67. The molecule has 0 atom stereocenters. The van der Waals surface area contributed by atoms with Gasteiger partial charge in [-0.2, -0.15) is 5.26 Å². The first-order valence-corrected chi connectivity index (χ1v) is 13.6.